The predicted molar refractivity (Wildman–Crippen MR) is 120 cm³/mol. The van der Waals surface area contributed by atoms with E-state index < -0.39 is 0 Å². The van der Waals surface area contributed by atoms with Gasteiger partial charge in [-0.2, -0.15) is 0 Å². The molecular weight excluding hydrogens is 402 g/mol. The molecule has 0 N–H and O–H groups in total. The number of aromatic nitrogens is 2. The summed E-state index contributed by atoms with van der Waals surface area (Å²) in [7, 11) is 0. The number of halogens is 1. The summed E-state index contributed by atoms with van der Waals surface area (Å²) in [5.41, 5.74) is 4.22. The number of likely N-dealkylation sites (tertiary alicyclic amines) is 1. The van der Waals surface area contributed by atoms with Crippen LogP contribution in [0.4, 0.5) is 0 Å². The van der Waals surface area contributed by atoms with E-state index in [4.69, 9.17) is 11.6 Å². The predicted octanol–water partition coefficient (Wildman–Crippen LogP) is 5.61. The van der Waals surface area contributed by atoms with Crippen LogP contribution in [0.3, 0.4) is 0 Å². The van der Waals surface area contributed by atoms with Gasteiger partial charge in [0.15, 0.2) is 5.16 Å². The van der Waals surface area contributed by atoms with Crippen LogP contribution in [0.15, 0.2) is 59.9 Å². The molecule has 1 amide bonds. The second-order valence-electron chi connectivity index (χ2n) is 7.34. The Labute approximate surface area is 180 Å². The van der Waals surface area contributed by atoms with Gasteiger partial charge in [0.2, 0.25) is 5.91 Å². The molecule has 29 heavy (non-hydrogen) atoms. The molecule has 1 aliphatic heterocycles. The first-order valence-corrected chi connectivity index (χ1v) is 11.3. The van der Waals surface area contributed by atoms with Crippen molar-refractivity contribution in [2.75, 3.05) is 18.8 Å². The molecule has 0 radical (unpaired) electrons. The highest BCUT2D eigenvalue weighted by Crippen LogP contribution is 2.31. The Morgan fingerprint density at radius 2 is 1.86 bits per heavy atom. The van der Waals surface area contributed by atoms with Gasteiger partial charge in [0.25, 0.3) is 0 Å². The van der Waals surface area contributed by atoms with E-state index in [0.29, 0.717) is 10.8 Å². The smallest absolute Gasteiger partial charge is 0.233 e. The Morgan fingerprint density at radius 1 is 1.10 bits per heavy atom. The van der Waals surface area contributed by atoms with Crippen LogP contribution < -0.4 is 0 Å². The van der Waals surface area contributed by atoms with Crippen molar-refractivity contribution in [3.8, 4) is 16.9 Å². The number of thioether (sulfide) groups is 1. The normalized spacial score (nSPS) is 14.2. The maximum absolute atomic E-state index is 12.6. The quantitative estimate of drug-likeness (QED) is 0.499. The lowest BCUT2D eigenvalue weighted by atomic mass is 10.1. The fourth-order valence-corrected chi connectivity index (χ4v) is 4.67. The molecule has 150 valence electrons. The number of nitrogens with zero attached hydrogens (tertiary/aromatic N) is 3. The zero-order chi connectivity index (χ0) is 20.2. The van der Waals surface area contributed by atoms with Crippen LogP contribution >= 0.6 is 23.4 Å². The molecule has 2 heterocycles. The minimum Gasteiger partial charge on any atom is -0.342 e. The molecule has 6 heteroatoms. The SMILES string of the molecule is Cc1ccc(-c2cnc(SCC(=O)N3CCCCC3)n2-c2cccc(Cl)c2)cc1. The number of hydrogen-bond donors (Lipinski definition) is 0. The van der Waals surface area contributed by atoms with Crippen molar-refractivity contribution in [2.45, 2.75) is 31.3 Å². The molecule has 0 spiro atoms. The molecule has 0 saturated carbocycles. The zero-order valence-electron chi connectivity index (χ0n) is 16.5. The summed E-state index contributed by atoms with van der Waals surface area (Å²) >= 11 is 7.75. The molecule has 4 nitrogen and oxygen atoms in total. The Morgan fingerprint density at radius 3 is 2.59 bits per heavy atom. The van der Waals surface area contributed by atoms with Crippen molar-refractivity contribution in [1.29, 1.82) is 0 Å². The summed E-state index contributed by atoms with van der Waals surface area (Å²) in [6.45, 7) is 3.82. The van der Waals surface area contributed by atoms with E-state index in [1.165, 1.54) is 23.7 Å². The molecule has 1 aromatic heterocycles. The molecule has 1 aliphatic rings. The second kappa shape index (κ2) is 9.06. The maximum atomic E-state index is 12.6. The van der Waals surface area contributed by atoms with Crippen molar-refractivity contribution in [2.24, 2.45) is 0 Å². The van der Waals surface area contributed by atoms with Gasteiger partial charge in [-0.25, -0.2) is 4.98 Å². The van der Waals surface area contributed by atoms with Crippen LogP contribution in [-0.4, -0.2) is 39.2 Å². The molecule has 0 aliphatic carbocycles. The highest BCUT2D eigenvalue weighted by Gasteiger charge is 2.19. The molecule has 3 aromatic rings. The van der Waals surface area contributed by atoms with E-state index in [1.54, 1.807) is 0 Å². The fraction of sp³-hybridized carbons (Fsp3) is 0.304. The average molecular weight is 426 g/mol. The van der Waals surface area contributed by atoms with Crippen LogP contribution in [0.2, 0.25) is 5.02 Å². The number of piperidine rings is 1. The molecule has 2 aromatic carbocycles. The Bertz CT molecular complexity index is 994. The van der Waals surface area contributed by atoms with E-state index >= 15 is 0 Å². The van der Waals surface area contributed by atoms with Crippen molar-refractivity contribution in [3.05, 3.63) is 65.3 Å². The largest absolute Gasteiger partial charge is 0.342 e. The third kappa shape index (κ3) is 4.68. The topological polar surface area (TPSA) is 38.1 Å². The molecule has 4 rings (SSSR count). The van der Waals surface area contributed by atoms with E-state index in [0.717, 1.165) is 48.0 Å². The van der Waals surface area contributed by atoms with Crippen molar-refractivity contribution in [3.63, 3.8) is 0 Å². The number of carbonyl (C=O) groups excluding carboxylic acids is 1. The van der Waals surface area contributed by atoms with Crippen LogP contribution in [0.25, 0.3) is 16.9 Å². The standard InChI is InChI=1S/C23H24ClN3OS/c1-17-8-10-18(11-9-17)21-15-25-23(27(21)20-7-5-6-19(24)14-20)29-16-22(28)26-12-3-2-4-13-26/h5-11,14-15H,2-4,12-13,16H2,1H3. The van der Waals surface area contributed by atoms with Crippen molar-refractivity contribution >= 4 is 29.3 Å². The monoisotopic (exact) mass is 425 g/mol. The van der Waals surface area contributed by atoms with Crippen LogP contribution in [0.1, 0.15) is 24.8 Å². The van der Waals surface area contributed by atoms with E-state index in [2.05, 4.69) is 40.7 Å². The summed E-state index contributed by atoms with van der Waals surface area (Å²) in [4.78, 5) is 19.3. The van der Waals surface area contributed by atoms with Gasteiger partial charge in [0.05, 0.1) is 17.6 Å². The highest BCUT2D eigenvalue weighted by atomic mass is 35.5. The van der Waals surface area contributed by atoms with E-state index in [-0.39, 0.29) is 5.91 Å². The number of rotatable bonds is 5. The van der Waals surface area contributed by atoms with Gasteiger partial charge in [0.1, 0.15) is 0 Å². The Hall–Kier alpha value is -2.24. The zero-order valence-corrected chi connectivity index (χ0v) is 18.0. The van der Waals surface area contributed by atoms with Gasteiger partial charge in [0, 0.05) is 29.4 Å². The summed E-state index contributed by atoms with van der Waals surface area (Å²) in [6, 6.07) is 16.1. The summed E-state index contributed by atoms with van der Waals surface area (Å²) < 4.78 is 2.09. The van der Waals surface area contributed by atoms with E-state index in [9.17, 15) is 4.79 Å². The fourth-order valence-electron chi connectivity index (χ4n) is 3.59. The lowest BCUT2D eigenvalue weighted by molar-refractivity contribution is -0.129. The van der Waals surface area contributed by atoms with Crippen LogP contribution in [-0.2, 0) is 4.79 Å². The molecule has 0 unspecified atom stereocenters. The van der Waals surface area contributed by atoms with Crippen molar-refractivity contribution in [1.82, 2.24) is 14.5 Å². The van der Waals surface area contributed by atoms with Crippen molar-refractivity contribution < 1.29 is 4.79 Å². The minimum atomic E-state index is 0.187. The van der Waals surface area contributed by atoms with Gasteiger partial charge in [-0.1, -0.05) is 59.3 Å². The first-order valence-electron chi connectivity index (χ1n) is 9.93. The van der Waals surface area contributed by atoms with Gasteiger partial charge in [-0.15, -0.1) is 0 Å². The van der Waals surface area contributed by atoms with Gasteiger partial charge < -0.3 is 4.90 Å². The first-order chi connectivity index (χ1) is 14.1. The lowest BCUT2D eigenvalue weighted by Gasteiger charge is -2.26. The number of aryl methyl sites for hydroxylation is 1. The lowest BCUT2D eigenvalue weighted by Crippen LogP contribution is -2.36. The number of imidazole rings is 1. The van der Waals surface area contributed by atoms with E-state index in [1.807, 2.05) is 35.4 Å². The first kappa shape index (κ1) is 20.0. The summed E-state index contributed by atoms with van der Waals surface area (Å²) in [5, 5.41) is 1.47. The molecule has 0 bridgehead atoms. The second-order valence-corrected chi connectivity index (χ2v) is 8.72. The average Bonchev–Trinajstić information content (AvgIpc) is 3.17. The van der Waals surface area contributed by atoms with Crippen LogP contribution in [0.5, 0.6) is 0 Å². The van der Waals surface area contributed by atoms with Gasteiger partial charge >= 0.3 is 0 Å². The van der Waals surface area contributed by atoms with Crippen LogP contribution in [0, 0.1) is 6.92 Å². The Balaban J connectivity index is 1.64. The highest BCUT2D eigenvalue weighted by molar-refractivity contribution is 7.99. The number of amides is 1. The number of benzene rings is 2. The third-order valence-corrected chi connectivity index (χ3v) is 6.35. The summed E-state index contributed by atoms with van der Waals surface area (Å²) in [6.07, 6.45) is 5.30. The maximum Gasteiger partial charge on any atom is 0.233 e. The molecular formula is C23H24ClN3OS. The molecule has 1 fully saturated rings. The summed E-state index contributed by atoms with van der Waals surface area (Å²) in [5.74, 6) is 0.581. The third-order valence-electron chi connectivity index (χ3n) is 5.18. The Kier molecular flexibility index (Phi) is 6.26. The van der Waals surface area contributed by atoms with Gasteiger partial charge in [-0.05, 0) is 44.4 Å². The number of hydrogen-bond acceptors (Lipinski definition) is 3. The minimum absolute atomic E-state index is 0.187. The molecule has 1 saturated heterocycles. The number of carbonyl (C=O) groups is 1. The van der Waals surface area contributed by atoms with Gasteiger partial charge in [-0.3, -0.25) is 9.36 Å². The molecule has 0 atom stereocenters.